The Morgan fingerprint density at radius 1 is 0.526 bits per heavy atom. The Morgan fingerprint density at radius 3 is 1.21 bits per heavy atom. The van der Waals surface area contributed by atoms with Gasteiger partial charge < -0.3 is 0 Å². The topological polar surface area (TPSA) is 0 Å². The maximum absolute atomic E-state index is 5.56. The normalized spacial score (nSPS) is 12.8. The van der Waals surface area contributed by atoms with E-state index in [0.29, 0.717) is 5.25 Å². The van der Waals surface area contributed by atoms with Crippen LogP contribution in [0.2, 0.25) is 0 Å². The molecule has 115 valence electrons. The molecule has 1 atom stereocenters. The van der Waals surface area contributed by atoms with E-state index in [4.69, 9.17) is 12.6 Å². The first kappa shape index (κ1) is 19.4. The monoisotopic (exact) mass is 285 g/mol. The minimum Gasteiger partial charge on any atom is -0.0904 e. The van der Waals surface area contributed by atoms with Crippen LogP contribution >= 0.6 is 12.6 Å². The van der Waals surface area contributed by atoms with Crippen molar-refractivity contribution in [3.8, 4) is 0 Å². The standard InChI is InChI=1S/C18H37S/c1-3-5-7-9-11-13-15-17-18(19)16-14-12-10-8-6-4-2/h18H,3-17H2,1-2H3. The van der Waals surface area contributed by atoms with Gasteiger partial charge in [-0.15, -0.1) is 0 Å². The molecule has 0 aromatic heterocycles. The van der Waals surface area contributed by atoms with Crippen molar-refractivity contribution in [1.82, 2.24) is 0 Å². The second kappa shape index (κ2) is 16.4. The van der Waals surface area contributed by atoms with Crippen molar-refractivity contribution in [3.05, 3.63) is 0 Å². The fourth-order valence-corrected chi connectivity index (χ4v) is 2.96. The molecule has 1 radical (unpaired) electrons. The smallest absolute Gasteiger partial charge is 0.0151 e. The van der Waals surface area contributed by atoms with E-state index in [2.05, 4.69) is 13.8 Å². The summed E-state index contributed by atoms with van der Waals surface area (Å²) >= 11 is 5.56. The Bertz CT molecular complexity index is 156. The van der Waals surface area contributed by atoms with Crippen LogP contribution in [0.4, 0.5) is 0 Å². The molecule has 1 unspecified atom stereocenters. The maximum Gasteiger partial charge on any atom is 0.0151 e. The number of hydrogen-bond acceptors (Lipinski definition) is 0. The van der Waals surface area contributed by atoms with E-state index in [9.17, 15) is 0 Å². The van der Waals surface area contributed by atoms with E-state index >= 15 is 0 Å². The highest BCUT2D eigenvalue weighted by molar-refractivity contribution is 7.80. The molecule has 19 heavy (non-hydrogen) atoms. The van der Waals surface area contributed by atoms with Gasteiger partial charge in [0.05, 0.1) is 0 Å². The van der Waals surface area contributed by atoms with E-state index in [1.165, 1.54) is 96.3 Å². The van der Waals surface area contributed by atoms with Crippen LogP contribution < -0.4 is 0 Å². The van der Waals surface area contributed by atoms with Crippen LogP contribution in [0.1, 0.15) is 110 Å². The third-order valence-corrected chi connectivity index (χ3v) is 4.48. The minimum atomic E-state index is 0.557. The summed E-state index contributed by atoms with van der Waals surface area (Å²) in [5, 5.41) is 0.557. The highest BCUT2D eigenvalue weighted by Crippen LogP contribution is 2.17. The zero-order chi connectivity index (χ0) is 14.2. The van der Waals surface area contributed by atoms with Gasteiger partial charge in [0.1, 0.15) is 0 Å². The third kappa shape index (κ3) is 16.3. The van der Waals surface area contributed by atoms with Crippen molar-refractivity contribution < 1.29 is 0 Å². The zero-order valence-corrected chi connectivity index (χ0v) is 14.4. The lowest BCUT2D eigenvalue weighted by Gasteiger charge is -2.09. The fraction of sp³-hybridized carbons (Fsp3) is 1.00. The highest BCUT2D eigenvalue weighted by Gasteiger charge is 2.03. The first-order chi connectivity index (χ1) is 9.31. The summed E-state index contributed by atoms with van der Waals surface area (Å²) in [5.41, 5.74) is 0. The van der Waals surface area contributed by atoms with E-state index in [0.717, 1.165) is 0 Å². The second-order valence-electron chi connectivity index (χ2n) is 6.09. The summed E-state index contributed by atoms with van der Waals surface area (Å²) in [6, 6.07) is 0. The average molecular weight is 286 g/mol. The van der Waals surface area contributed by atoms with Crippen LogP contribution in [-0.2, 0) is 0 Å². The number of unbranched alkanes of at least 4 members (excludes halogenated alkanes) is 11. The third-order valence-electron chi connectivity index (χ3n) is 4.01. The molecule has 0 saturated carbocycles. The minimum absolute atomic E-state index is 0.557. The molecule has 0 saturated heterocycles. The Balaban J connectivity index is 3.10. The molecule has 0 aliphatic carbocycles. The van der Waals surface area contributed by atoms with Crippen LogP contribution in [0.5, 0.6) is 0 Å². The van der Waals surface area contributed by atoms with Gasteiger partial charge in [0.25, 0.3) is 0 Å². The molecule has 0 nitrogen and oxygen atoms in total. The van der Waals surface area contributed by atoms with Gasteiger partial charge in [-0.05, 0) is 12.8 Å². The first-order valence-electron chi connectivity index (χ1n) is 8.97. The first-order valence-corrected chi connectivity index (χ1v) is 9.44. The van der Waals surface area contributed by atoms with Gasteiger partial charge in [0.15, 0.2) is 0 Å². The molecule has 0 fully saturated rings. The largest absolute Gasteiger partial charge is 0.0904 e. The Hall–Kier alpha value is 0.350. The zero-order valence-electron chi connectivity index (χ0n) is 13.6. The van der Waals surface area contributed by atoms with Gasteiger partial charge in [-0.2, -0.15) is 0 Å². The summed E-state index contributed by atoms with van der Waals surface area (Å²) in [7, 11) is 0. The predicted molar refractivity (Wildman–Crippen MR) is 92.0 cm³/mol. The molecule has 0 amide bonds. The van der Waals surface area contributed by atoms with Crippen LogP contribution in [-0.4, -0.2) is 5.25 Å². The van der Waals surface area contributed by atoms with Crippen molar-refractivity contribution in [2.75, 3.05) is 0 Å². The molecule has 0 spiro atoms. The van der Waals surface area contributed by atoms with Gasteiger partial charge in [-0.1, -0.05) is 110 Å². The fourth-order valence-electron chi connectivity index (χ4n) is 2.63. The molecule has 0 bridgehead atoms. The van der Waals surface area contributed by atoms with Gasteiger partial charge >= 0.3 is 0 Å². The van der Waals surface area contributed by atoms with E-state index < -0.39 is 0 Å². The summed E-state index contributed by atoms with van der Waals surface area (Å²) in [6.45, 7) is 4.56. The quantitative estimate of drug-likeness (QED) is 0.274. The molecule has 0 rings (SSSR count). The van der Waals surface area contributed by atoms with E-state index in [1.807, 2.05) is 0 Å². The number of rotatable bonds is 15. The highest BCUT2D eigenvalue weighted by atomic mass is 32.1. The SMILES string of the molecule is CCCCCCCCCC([S])CCCCCCCC. The lowest BCUT2D eigenvalue weighted by molar-refractivity contribution is 0.540. The van der Waals surface area contributed by atoms with Crippen LogP contribution in [0, 0.1) is 0 Å². The maximum atomic E-state index is 5.56. The lowest BCUT2D eigenvalue weighted by Crippen LogP contribution is -1.98. The Labute approximate surface area is 128 Å². The summed E-state index contributed by atoms with van der Waals surface area (Å²) in [6.07, 6.45) is 20.8. The van der Waals surface area contributed by atoms with E-state index in [1.54, 1.807) is 0 Å². The van der Waals surface area contributed by atoms with Crippen molar-refractivity contribution in [2.24, 2.45) is 0 Å². The van der Waals surface area contributed by atoms with Crippen LogP contribution in [0.25, 0.3) is 0 Å². The lowest BCUT2D eigenvalue weighted by atomic mass is 10.0. The summed E-state index contributed by atoms with van der Waals surface area (Å²) in [4.78, 5) is 0. The van der Waals surface area contributed by atoms with Crippen molar-refractivity contribution in [1.29, 1.82) is 0 Å². The van der Waals surface area contributed by atoms with Gasteiger partial charge in [-0.3, -0.25) is 0 Å². The molecule has 0 aliphatic rings. The Kier molecular flexibility index (Phi) is 16.7. The van der Waals surface area contributed by atoms with Crippen molar-refractivity contribution in [2.45, 2.75) is 115 Å². The molecule has 0 heterocycles. The van der Waals surface area contributed by atoms with Gasteiger partial charge in [-0.25, -0.2) is 0 Å². The molecular formula is C18H37S. The van der Waals surface area contributed by atoms with Gasteiger partial charge in [0.2, 0.25) is 0 Å². The van der Waals surface area contributed by atoms with Crippen LogP contribution in [0.15, 0.2) is 0 Å². The summed E-state index contributed by atoms with van der Waals surface area (Å²) in [5.74, 6) is 0. The molecular weight excluding hydrogens is 248 g/mol. The molecule has 0 aliphatic heterocycles. The molecule has 0 aromatic carbocycles. The molecule has 1 heteroatoms. The predicted octanol–water partition coefficient (Wildman–Crippen LogP) is 7.44. The number of hydrogen-bond donors (Lipinski definition) is 0. The van der Waals surface area contributed by atoms with Crippen LogP contribution in [0.3, 0.4) is 0 Å². The Morgan fingerprint density at radius 2 is 0.842 bits per heavy atom. The van der Waals surface area contributed by atoms with E-state index in [-0.39, 0.29) is 0 Å². The van der Waals surface area contributed by atoms with Crippen molar-refractivity contribution >= 4 is 12.6 Å². The molecule has 0 aromatic rings. The summed E-state index contributed by atoms with van der Waals surface area (Å²) < 4.78 is 0. The molecule has 0 N–H and O–H groups in total. The van der Waals surface area contributed by atoms with Gasteiger partial charge in [0, 0.05) is 5.25 Å². The van der Waals surface area contributed by atoms with Crippen molar-refractivity contribution in [3.63, 3.8) is 0 Å². The average Bonchev–Trinajstić information content (AvgIpc) is 2.41. The second-order valence-corrected chi connectivity index (χ2v) is 6.76.